The average molecular weight is 297 g/mol. The molecular formula is C20H27NO. The third kappa shape index (κ3) is 2.50. The number of benzene rings is 1. The van der Waals surface area contributed by atoms with Crippen molar-refractivity contribution in [1.29, 1.82) is 0 Å². The van der Waals surface area contributed by atoms with Crippen molar-refractivity contribution in [3.63, 3.8) is 0 Å². The lowest BCUT2D eigenvalue weighted by Crippen LogP contribution is -2.46. The second kappa shape index (κ2) is 6.29. The van der Waals surface area contributed by atoms with Gasteiger partial charge in [0, 0.05) is 11.0 Å². The highest BCUT2D eigenvalue weighted by molar-refractivity contribution is 5.46. The number of para-hydroxylation sites is 1. The zero-order valence-electron chi connectivity index (χ0n) is 13.7. The van der Waals surface area contributed by atoms with Crippen LogP contribution in [0.25, 0.3) is 0 Å². The van der Waals surface area contributed by atoms with E-state index in [4.69, 9.17) is 0 Å². The van der Waals surface area contributed by atoms with Crippen LogP contribution in [-0.2, 0) is 5.41 Å². The van der Waals surface area contributed by atoms with E-state index in [0.29, 0.717) is 17.6 Å². The van der Waals surface area contributed by atoms with Gasteiger partial charge in [0.1, 0.15) is 5.75 Å². The van der Waals surface area contributed by atoms with Crippen LogP contribution in [0.2, 0.25) is 0 Å². The number of hydrogen-bond acceptors (Lipinski definition) is 2. The summed E-state index contributed by atoms with van der Waals surface area (Å²) in [5.74, 6) is 1.49. The summed E-state index contributed by atoms with van der Waals surface area (Å²) in [6.07, 6.45) is 12.5. The number of likely N-dealkylation sites (tertiary alicyclic amines) is 1. The maximum Gasteiger partial charge on any atom is 0.119 e. The molecule has 2 nitrogen and oxygen atoms in total. The largest absolute Gasteiger partial charge is 0.508 e. The highest BCUT2D eigenvalue weighted by atomic mass is 16.3. The lowest BCUT2D eigenvalue weighted by atomic mass is 9.57. The Bertz CT molecular complexity index is 569. The quantitative estimate of drug-likeness (QED) is 0.907. The third-order valence-electron chi connectivity index (χ3n) is 5.64. The Labute approximate surface area is 134 Å². The summed E-state index contributed by atoms with van der Waals surface area (Å²) in [6, 6.07) is 7.94. The second-order valence-corrected chi connectivity index (χ2v) is 6.79. The van der Waals surface area contributed by atoms with Gasteiger partial charge in [-0.25, -0.2) is 0 Å². The van der Waals surface area contributed by atoms with Crippen molar-refractivity contribution < 1.29 is 5.11 Å². The maximum absolute atomic E-state index is 10.6. The molecule has 0 aromatic heterocycles. The molecule has 1 N–H and O–H groups in total. The van der Waals surface area contributed by atoms with E-state index < -0.39 is 0 Å². The molecular weight excluding hydrogens is 270 g/mol. The molecule has 118 valence electrons. The second-order valence-electron chi connectivity index (χ2n) is 6.79. The van der Waals surface area contributed by atoms with Crippen LogP contribution in [-0.4, -0.2) is 30.1 Å². The minimum atomic E-state index is -0.0594. The number of hydrogen-bond donors (Lipinski definition) is 1. The van der Waals surface area contributed by atoms with Gasteiger partial charge in [-0.05, 0) is 57.3 Å². The summed E-state index contributed by atoms with van der Waals surface area (Å²) < 4.78 is 0. The normalized spacial score (nSPS) is 29.8. The summed E-state index contributed by atoms with van der Waals surface area (Å²) in [6.45, 7) is 4.56. The molecule has 2 heteroatoms. The zero-order valence-corrected chi connectivity index (χ0v) is 13.7. The van der Waals surface area contributed by atoms with Gasteiger partial charge in [0.15, 0.2) is 0 Å². The number of nitrogens with zero attached hydrogens (tertiary/aromatic N) is 1. The van der Waals surface area contributed by atoms with Crippen LogP contribution in [0.15, 0.2) is 48.6 Å². The Morgan fingerprint density at radius 1 is 1.18 bits per heavy atom. The van der Waals surface area contributed by atoms with Crippen molar-refractivity contribution in [1.82, 2.24) is 4.90 Å². The highest BCUT2D eigenvalue weighted by Gasteiger charge is 2.45. The lowest BCUT2D eigenvalue weighted by molar-refractivity contribution is 0.139. The fourth-order valence-electron chi connectivity index (χ4n) is 4.44. The molecule has 1 aliphatic carbocycles. The number of rotatable bonds is 3. The van der Waals surface area contributed by atoms with Gasteiger partial charge in [0.25, 0.3) is 0 Å². The number of allylic oxidation sites excluding steroid dienone is 4. The lowest BCUT2D eigenvalue weighted by Gasteiger charge is -2.48. The van der Waals surface area contributed by atoms with E-state index in [9.17, 15) is 5.11 Å². The van der Waals surface area contributed by atoms with Gasteiger partial charge >= 0.3 is 0 Å². The number of aromatic hydroxyl groups is 1. The van der Waals surface area contributed by atoms with Crippen molar-refractivity contribution in [3.8, 4) is 5.75 Å². The number of phenols is 1. The molecule has 1 aromatic carbocycles. The summed E-state index contributed by atoms with van der Waals surface area (Å²) in [5, 5.41) is 10.6. The third-order valence-corrected chi connectivity index (χ3v) is 5.64. The van der Waals surface area contributed by atoms with Gasteiger partial charge < -0.3 is 10.0 Å². The molecule has 22 heavy (non-hydrogen) atoms. The van der Waals surface area contributed by atoms with E-state index in [1.54, 1.807) is 0 Å². The van der Waals surface area contributed by atoms with Crippen molar-refractivity contribution in [2.24, 2.45) is 11.8 Å². The van der Waals surface area contributed by atoms with Crippen LogP contribution in [0.5, 0.6) is 5.75 Å². The molecule has 0 radical (unpaired) electrons. The van der Waals surface area contributed by atoms with Crippen LogP contribution < -0.4 is 0 Å². The first kappa shape index (κ1) is 15.4. The van der Waals surface area contributed by atoms with Crippen molar-refractivity contribution in [3.05, 3.63) is 54.1 Å². The van der Waals surface area contributed by atoms with Crippen molar-refractivity contribution in [2.45, 2.75) is 31.6 Å². The first-order valence-corrected chi connectivity index (χ1v) is 8.51. The molecule has 1 heterocycles. The smallest absolute Gasteiger partial charge is 0.119 e. The fourth-order valence-corrected chi connectivity index (χ4v) is 4.44. The van der Waals surface area contributed by atoms with Gasteiger partial charge in [0.2, 0.25) is 0 Å². The highest BCUT2D eigenvalue weighted by Crippen LogP contribution is 2.50. The van der Waals surface area contributed by atoms with E-state index in [-0.39, 0.29) is 5.41 Å². The molecule has 2 atom stereocenters. The Kier molecular flexibility index (Phi) is 4.39. The van der Waals surface area contributed by atoms with Gasteiger partial charge in [-0.15, -0.1) is 0 Å². The molecule has 1 fully saturated rings. The molecule has 0 spiro atoms. The van der Waals surface area contributed by atoms with Gasteiger partial charge in [-0.2, -0.15) is 0 Å². The Balaban J connectivity index is 2.08. The van der Waals surface area contributed by atoms with E-state index in [2.05, 4.69) is 55.3 Å². The van der Waals surface area contributed by atoms with E-state index in [0.717, 1.165) is 25.1 Å². The van der Waals surface area contributed by atoms with Gasteiger partial charge in [-0.3, -0.25) is 0 Å². The van der Waals surface area contributed by atoms with Crippen molar-refractivity contribution in [2.75, 3.05) is 20.1 Å². The molecule has 2 aliphatic rings. The van der Waals surface area contributed by atoms with Crippen LogP contribution in [0.4, 0.5) is 0 Å². The molecule has 1 aromatic rings. The van der Waals surface area contributed by atoms with Crippen LogP contribution in [0, 0.1) is 11.8 Å². The molecule has 1 saturated heterocycles. The Morgan fingerprint density at radius 3 is 2.59 bits per heavy atom. The van der Waals surface area contributed by atoms with Crippen LogP contribution >= 0.6 is 0 Å². The summed E-state index contributed by atoms with van der Waals surface area (Å²) >= 11 is 0. The summed E-state index contributed by atoms with van der Waals surface area (Å²) in [5.41, 5.74) is 1.05. The van der Waals surface area contributed by atoms with E-state index in [1.807, 2.05) is 12.1 Å². The molecule has 3 rings (SSSR count). The SMILES string of the molecule is CCC1C=CC=CC1(c1ccccc1O)C1CCN(C)CC1. The Hall–Kier alpha value is -1.54. The maximum atomic E-state index is 10.6. The minimum absolute atomic E-state index is 0.0594. The van der Waals surface area contributed by atoms with Gasteiger partial charge in [0.05, 0.1) is 0 Å². The molecule has 0 amide bonds. The summed E-state index contributed by atoms with van der Waals surface area (Å²) in [4.78, 5) is 2.42. The fraction of sp³-hybridized carbons (Fsp3) is 0.500. The number of piperidine rings is 1. The predicted molar refractivity (Wildman–Crippen MR) is 92.1 cm³/mol. The molecule has 0 bridgehead atoms. The molecule has 2 unspecified atom stereocenters. The first-order valence-electron chi connectivity index (χ1n) is 8.51. The molecule has 1 aliphatic heterocycles. The standard InChI is InChI=1S/C20H27NO/c1-3-16-8-6-7-13-20(16,17-11-14-21(2)15-12-17)18-9-4-5-10-19(18)22/h4-10,13,16-17,22H,3,11-12,14-15H2,1-2H3. The average Bonchev–Trinajstić information content (AvgIpc) is 2.56. The predicted octanol–water partition coefficient (Wildman–Crippen LogP) is 4.12. The monoisotopic (exact) mass is 297 g/mol. The Morgan fingerprint density at radius 2 is 1.91 bits per heavy atom. The van der Waals surface area contributed by atoms with E-state index >= 15 is 0 Å². The van der Waals surface area contributed by atoms with Crippen molar-refractivity contribution >= 4 is 0 Å². The van der Waals surface area contributed by atoms with Crippen LogP contribution in [0.3, 0.4) is 0 Å². The molecule has 0 saturated carbocycles. The van der Waals surface area contributed by atoms with Crippen LogP contribution in [0.1, 0.15) is 31.7 Å². The minimum Gasteiger partial charge on any atom is -0.508 e. The summed E-state index contributed by atoms with van der Waals surface area (Å²) in [7, 11) is 2.21. The first-order chi connectivity index (χ1) is 10.7. The van der Waals surface area contributed by atoms with Gasteiger partial charge in [-0.1, -0.05) is 49.4 Å². The topological polar surface area (TPSA) is 23.5 Å². The van der Waals surface area contributed by atoms with E-state index in [1.165, 1.54) is 12.8 Å². The number of phenolic OH excluding ortho intramolecular Hbond substituents is 1. The zero-order chi connectivity index (χ0) is 15.6.